The van der Waals surface area contributed by atoms with E-state index in [9.17, 15) is 0 Å². The topological polar surface area (TPSA) is 9.23 Å². The molecule has 0 aromatic heterocycles. The largest absolute Gasteiger partial charge is 0.377 e. The molecule has 0 saturated carbocycles. The Kier molecular flexibility index (Phi) is 7.71. The molecule has 1 nitrogen and oxygen atoms in total. The highest BCUT2D eigenvalue weighted by atomic mass is 16.5. The second kappa shape index (κ2) is 8.06. The predicted octanol–water partition coefficient (Wildman–Crippen LogP) is 3.57. The molecule has 0 aromatic carbocycles. The summed E-state index contributed by atoms with van der Waals surface area (Å²) in [6.45, 7) is 10.1. The predicted molar refractivity (Wildman–Crippen MR) is 58.8 cm³/mol. The average molecular weight is 182 g/mol. The molecule has 0 saturated heterocycles. The molecule has 0 aliphatic carbocycles. The van der Waals surface area contributed by atoms with Crippen LogP contribution in [0, 0.1) is 5.92 Å². The first kappa shape index (κ1) is 12.4. The van der Waals surface area contributed by atoms with Gasteiger partial charge in [0.2, 0.25) is 0 Å². The third kappa shape index (κ3) is 7.79. The monoisotopic (exact) mass is 182 g/mol. The minimum atomic E-state index is 0.732. The molecule has 0 fully saturated rings. The van der Waals surface area contributed by atoms with E-state index in [2.05, 4.69) is 26.0 Å². The zero-order valence-corrected chi connectivity index (χ0v) is 9.34. The number of rotatable bonds is 6. The van der Waals surface area contributed by atoms with Gasteiger partial charge in [-0.05, 0) is 31.8 Å². The molecular weight excluding hydrogens is 160 g/mol. The Morgan fingerprint density at radius 3 is 2.46 bits per heavy atom. The first-order chi connectivity index (χ1) is 6.20. The summed E-state index contributed by atoms with van der Waals surface area (Å²) in [5, 5.41) is 0. The van der Waals surface area contributed by atoms with Crippen molar-refractivity contribution in [3.05, 3.63) is 23.8 Å². The van der Waals surface area contributed by atoms with Crippen molar-refractivity contribution >= 4 is 0 Å². The van der Waals surface area contributed by atoms with Gasteiger partial charge >= 0.3 is 0 Å². The lowest BCUT2D eigenvalue weighted by atomic mass is 10.1. The molecule has 76 valence electrons. The number of hydrogen-bond acceptors (Lipinski definition) is 1. The molecular formula is C12H22O. The van der Waals surface area contributed by atoms with E-state index < -0.39 is 0 Å². The van der Waals surface area contributed by atoms with Crippen LogP contribution in [-0.2, 0) is 4.74 Å². The second-order valence-electron chi connectivity index (χ2n) is 3.60. The maximum atomic E-state index is 5.53. The van der Waals surface area contributed by atoms with Gasteiger partial charge in [0.15, 0.2) is 0 Å². The smallest absolute Gasteiger partial charge is 0.0713 e. The first-order valence-electron chi connectivity index (χ1n) is 5.06. The fourth-order valence-electron chi connectivity index (χ4n) is 0.951. The molecule has 0 bridgehead atoms. The Morgan fingerprint density at radius 2 is 2.00 bits per heavy atom. The third-order valence-corrected chi connectivity index (χ3v) is 1.86. The second-order valence-corrected chi connectivity index (χ2v) is 3.60. The van der Waals surface area contributed by atoms with Crippen LogP contribution >= 0.6 is 0 Å². The highest BCUT2D eigenvalue weighted by Gasteiger charge is 1.94. The Hall–Kier alpha value is -0.560. The van der Waals surface area contributed by atoms with E-state index in [4.69, 9.17) is 4.74 Å². The summed E-state index contributed by atoms with van der Waals surface area (Å²) in [7, 11) is 0. The Bertz CT molecular complexity index is 166. The molecule has 0 unspecified atom stereocenters. The van der Waals surface area contributed by atoms with Crippen LogP contribution in [0.3, 0.4) is 0 Å². The summed E-state index contributed by atoms with van der Waals surface area (Å²) in [6.07, 6.45) is 7.37. The van der Waals surface area contributed by atoms with Gasteiger partial charge in [0, 0.05) is 6.61 Å². The van der Waals surface area contributed by atoms with Crippen molar-refractivity contribution in [2.24, 2.45) is 5.92 Å². The molecule has 0 rings (SSSR count). The van der Waals surface area contributed by atoms with Crippen molar-refractivity contribution in [3.8, 4) is 0 Å². The molecule has 0 aliphatic heterocycles. The molecule has 13 heavy (non-hydrogen) atoms. The van der Waals surface area contributed by atoms with Gasteiger partial charge in [0.25, 0.3) is 0 Å². The number of ether oxygens (including phenoxy) is 1. The molecule has 0 radical (unpaired) electrons. The van der Waals surface area contributed by atoms with Gasteiger partial charge in [0.05, 0.1) is 6.61 Å². The first-order valence-corrected chi connectivity index (χ1v) is 5.06. The van der Waals surface area contributed by atoms with Crippen LogP contribution in [-0.4, -0.2) is 13.2 Å². The molecule has 0 aliphatic rings. The Labute approximate surface area is 82.5 Å². The lowest BCUT2D eigenvalue weighted by Gasteiger charge is -2.06. The maximum Gasteiger partial charge on any atom is 0.0713 e. The van der Waals surface area contributed by atoms with Crippen LogP contribution in [0.25, 0.3) is 0 Å². The summed E-state index contributed by atoms with van der Waals surface area (Å²) in [6, 6.07) is 0. The summed E-state index contributed by atoms with van der Waals surface area (Å²) in [5.41, 5.74) is 1.26. The van der Waals surface area contributed by atoms with E-state index in [1.807, 2.05) is 19.9 Å². The van der Waals surface area contributed by atoms with Crippen LogP contribution in [0.15, 0.2) is 23.8 Å². The summed E-state index contributed by atoms with van der Waals surface area (Å²) < 4.78 is 5.53. The van der Waals surface area contributed by atoms with Crippen LogP contribution in [0.5, 0.6) is 0 Å². The number of hydrogen-bond donors (Lipinski definition) is 0. The summed E-state index contributed by atoms with van der Waals surface area (Å²) >= 11 is 0. The highest BCUT2D eigenvalue weighted by molar-refractivity contribution is 5.17. The van der Waals surface area contributed by atoms with Gasteiger partial charge in [-0.15, -0.1) is 0 Å². The minimum Gasteiger partial charge on any atom is -0.377 e. The van der Waals surface area contributed by atoms with Gasteiger partial charge in [0.1, 0.15) is 0 Å². The van der Waals surface area contributed by atoms with Gasteiger partial charge in [-0.2, -0.15) is 0 Å². The molecule has 0 heterocycles. The zero-order chi connectivity index (χ0) is 10.1. The van der Waals surface area contributed by atoms with Crippen LogP contribution in [0.4, 0.5) is 0 Å². The van der Waals surface area contributed by atoms with Gasteiger partial charge < -0.3 is 4.74 Å². The van der Waals surface area contributed by atoms with Gasteiger partial charge in [-0.3, -0.25) is 0 Å². The van der Waals surface area contributed by atoms with Crippen LogP contribution < -0.4 is 0 Å². The SMILES string of the molecule is C/C=C\C(=C/C)COCCC(C)C. The van der Waals surface area contributed by atoms with Crippen LogP contribution in [0.1, 0.15) is 34.1 Å². The molecule has 1 heteroatoms. The zero-order valence-electron chi connectivity index (χ0n) is 9.34. The van der Waals surface area contributed by atoms with Crippen molar-refractivity contribution in [2.75, 3.05) is 13.2 Å². The standard InChI is InChI=1S/C12H22O/c1-5-7-12(6-2)10-13-9-8-11(3)4/h5-7,11H,8-10H2,1-4H3/b7-5-,12-6+. The lowest BCUT2D eigenvalue weighted by Crippen LogP contribution is -2.01. The fraction of sp³-hybridized carbons (Fsp3) is 0.667. The maximum absolute atomic E-state index is 5.53. The van der Waals surface area contributed by atoms with Crippen molar-refractivity contribution in [1.82, 2.24) is 0 Å². The van der Waals surface area contributed by atoms with Crippen molar-refractivity contribution in [3.63, 3.8) is 0 Å². The molecule has 0 amide bonds. The molecule has 0 aromatic rings. The highest BCUT2D eigenvalue weighted by Crippen LogP contribution is 2.02. The molecule has 0 spiro atoms. The third-order valence-electron chi connectivity index (χ3n) is 1.86. The Morgan fingerprint density at radius 1 is 1.31 bits per heavy atom. The van der Waals surface area contributed by atoms with E-state index in [-0.39, 0.29) is 0 Å². The van der Waals surface area contributed by atoms with Crippen molar-refractivity contribution < 1.29 is 4.74 Å². The summed E-state index contributed by atoms with van der Waals surface area (Å²) in [5.74, 6) is 0.732. The van der Waals surface area contributed by atoms with Crippen molar-refractivity contribution in [1.29, 1.82) is 0 Å². The fourth-order valence-corrected chi connectivity index (χ4v) is 0.951. The van der Waals surface area contributed by atoms with E-state index >= 15 is 0 Å². The van der Waals surface area contributed by atoms with Gasteiger partial charge in [-0.25, -0.2) is 0 Å². The average Bonchev–Trinajstić information content (AvgIpc) is 2.10. The lowest BCUT2D eigenvalue weighted by molar-refractivity contribution is 0.145. The van der Waals surface area contributed by atoms with Crippen molar-refractivity contribution in [2.45, 2.75) is 34.1 Å². The van der Waals surface area contributed by atoms with Gasteiger partial charge in [-0.1, -0.05) is 32.1 Å². The van der Waals surface area contributed by atoms with E-state index in [1.54, 1.807) is 0 Å². The Balaban J connectivity index is 3.51. The molecule has 0 N–H and O–H groups in total. The van der Waals surface area contributed by atoms with Crippen LogP contribution in [0.2, 0.25) is 0 Å². The quantitative estimate of drug-likeness (QED) is 0.451. The van der Waals surface area contributed by atoms with E-state index in [0.29, 0.717) is 0 Å². The number of allylic oxidation sites excluding steroid dienone is 2. The van der Waals surface area contributed by atoms with E-state index in [1.165, 1.54) is 5.57 Å². The molecule has 0 atom stereocenters. The normalized spacial score (nSPS) is 13.2. The minimum absolute atomic E-state index is 0.732. The van der Waals surface area contributed by atoms with E-state index in [0.717, 1.165) is 25.6 Å². The summed E-state index contributed by atoms with van der Waals surface area (Å²) in [4.78, 5) is 0.